The number of benzene rings is 3. The number of ether oxygens (including phenoxy) is 10. The molecule has 0 aromatic heterocycles. The first-order valence-electron chi connectivity index (χ1n) is 18.5. The van der Waals surface area contributed by atoms with Gasteiger partial charge in [0.15, 0.2) is 6.61 Å². The van der Waals surface area contributed by atoms with Crippen LogP contribution in [0.2, 0.25) is 0 Å². The van der Waals surface area contributed by atoms with E-state index in [-0.39, 0.29) is 25.3 Å². The van der Waals surface area contributed by atoms with Crippen molar-refractivity contribution in [2.24, 2.45) is 5.73 Å². The maximum atomic E-state index is 14.5. The molecule has 316 valence electrons. The molecular formula is C41H58IN3O12. The number of carbonyl (C=O) groups is 1. The van der Waals surface area contributed by atoms with Crippen LogP contribution in [0.25, 0.3) is 0 Å². The Morgan fingerprint density at radius 3 is 1.53 bits per heavy atom. The van der Waals surface area contributed by atoms with E-state index in [4.69, 9.17) is 53.1 Å². The number of nitrogens with two attached hydrogens (primary N) is 1. The highest BCUT2D eigenvalue weighted by atomic mass is 127. The van der Waals surface area contributed by atoms with Gasteiger partial charge in [-0.05, 0) is 73.7 Å². The summed E-state index contributed by atoms with van der Waals surface area (Å²) < 4.78 is 52.5. The molecule has 0 heterocycles. The topological polar surface area (TPSA) is 162 Å². The number of methoxy groups -OCH3 is 3. The van der Waals surface area contributed by atoms with Crippen molar-refractivity contribution in [3.63, 3.8) is 0 Å². The number of esters is 1. The highest BCUT2D eigenvalue weighted by Crippen LogP contribution is 2.41. The Morgan fingerprint density at radius 1 is 0.702 bits per heavy atom. The summed E-state index contributed by atoms with van der Waals surface area (Å²) in [7, 11) is 6.31. The van der Waals surface area contributed by atoms with Crippen LogP contribution < -0.4 is 24.8 Å². The van der Waals surface area contributed by atoms with E-state index in [1.807, 2.05) is 94.2 Å². The van der Waals surface area contributed by atoms with Crippen molar-refractivity contribution in [3.8, 4) is 17.2 Å². The minimum Gasteiger partial charge on any atom is -0.631 e. The lowest BCUT2D eigenvalue weighted by Crippen LogP contribution is -2.62. The van der Waals surface area contributed by atoms with E-state index in [9.17, 15) is 10.0 Å². The normalized spacial score (nSPS) is 13.3. The molecule has 0 aliphatic rings. The average molecular weight is 912 g/mol. The number of carbonyl (C=O) groups excluding carboxylic acids is 1. The van der Waals surface area contributed by atoms with Gasteiger partial charge in [0.05, 0.1) is 72.2 Å². The Labute approximate surface area is 350 Å². The smallest absolute Gasteiger partial charge is 0.333 e. The number of hydrogen-bond donors (Lipinski definition) is 1. The van der Waals surface area contributed by atoms with Crippen LogP contribution in [0.1, 0.15) is 12.5 Å². The van der Waals surface area contributed by atoms with Gasteiger partial charge in [-0.1, -0.05) is 6.58 Å². The molecule has 3 rings (SSSR count). The maximum absolute atomic E-state index is 14.5. The number of quaternary nitrogens is 1. The molecule has 0 aliphatic heterocycles. The molecule has 0 saturated heterocycles. The molecule has 2 unspecified atom stereocenters. The fourth-order valence-corrected chi connectivity index (χ4v) is 5.40. The number of hydrogen-bond acceptors (Lipinski definition) is 14. The predicted octanol–water partition coefficient (Wildman–Crippen LogP) is 5.89. The fraction of sp³-hybridized carbons (Fsp3) is 0.488. The SMILES string of the molecule is C=C(C)C(=O)OCC(N)(I)[N+](C)([O-])Cc1cc(OCCOCCOC)ccc1N(c1ccc(OCCOCCOC)cc1)c1ccc(OCCOCCOC)cc1. The van der Waals surface area contributed by atoms with Crippen LogP contribution >= 0.6 is 22.6 Å². The lowest BCUT2D eigenvalue weighted by Gasteiger charge is -2.49. The summed E-state index contributed by atoms with van der Waals surface area (Å²) in [6, 6.07) is 20.8. The van der Waals surface area contributed by atoms with E-state index in [0.717, 1.165) is 11.4 Å². The molecule has 0 radical (unpaired) electrons. The van der Waals surface area contributed by atoms with Gasteiger partial charge >= 0.3 is 5.97 Å². The Hall–Kier alpha value is -3.56. The number of likely N-dealkylation sites (N-methyl/N-ethyl adjacent to an activating group) is 1. The first kappa shape index (κ1) is 47.8. The number of halogens is 1. The highest BCUT2D eigenvalue weighted by molar-refractivity contribution is 14.1. The quantitative estimate of drug-likeness (QED) is 0.00970. The third kappa shape index (κ3) is 16.7. The van der Waals surface area contributed by atoms with Gasteiger partial charge in [0.2, 0.25) is 3.67 Å². The van der Waals surface area contributed by atoms with E-state index < -0.39 is 14.3 Å². The zero-order chi connectivity index (χ0) is 41.5. The molecule has 0 bridgehead atoms. The Bertz CT molecular complexity index is 1550. The second-order valence-electron chi connectivity index (χ2n) is 12.9. The summed E-state index contributed by atoms with van der Waals surface area (Å²) >= 11 is 1.85. The summed E-state index contributed by atoms with van der Waals surface area (Å²) in [6.07, 6.45) is 0. The fourth-order valence-electron chi connectivity index (χ4n) is 5.08. The number of rotatable bonds is 30. The van der Waals surface area contributed by atoms with Crippen molar-refractivity contribution in [3.05, 3.63) is 89.7 Å². The summed E-state index contributed by atoms with van der Waals surface area (Å²) in [5.74, 6) is 1.22. The molecule has 2 N–H and O–H groups in total. The lowest BCUT2D eigenvalue weighted by atomic mass is 10.1. The number of hydroxylamine groups is 3. The number of nitrogens with zero attached hydrogens (tertiary/aromatic N) is 2. The molecule has 0 saturated carbocycles. The second-order valence-corrected chi connectivity index (χ2v) is 14.8. The van der Waals surface area contributed by atoms with Gasteiger partial charge in [0.1, 0.15) is 43.6 Å². The molecule has 2 atom stereocenters. The molecule has 16 heteroatoms. The van der Waals surface area contributed by atoms with Gasteiger partial charge in [-0.2, -0.15) is 0 Å². The van der Waals surface area contributed by atoms with E-state index in [2.05, 4.69) is 6.58 Å². The van der Waals surface area contributed by atoms with Crippen molar-refractivity contribution in [1.82, 2.24) is 0 Å². The zero-order valence-electron chi connectivity index (χ0n) is 33.7. The zero-order valence-corrected chi connectivity index (χ0v) is 35.9. The van der Waals surface area contributed by atoms with Crippen molar-refractivity contribution in [2.75, 3.05) is 119 Å². The van der Waals surface area contributed by atoms with Crippen LogP contribution in [-0.4, -0.2) is 129 Å². The number of alkyl halides is 1. The minimum atomic E-state index is -1.56. The predicted molar refractivity (Wildman–Crippen MR) is 226 cm³/mol. The lowest BCUT2D eigenvalue weighted by molar-refractivity contribution is -0.905. The molecule has 0 fully saturated rings. The molecule has 57 heavy (non-hydrogen) atoms. The monoisotopic (exact) mass is 911 g/mol. The van der Waals surface area contributed by atoms with Crippen LogP contribution in [0.4, 0.5) is 17.1 Å². The van der Waals surface area contributed by atoms with Gasteiger partial charge in [-0.15, -0.1) is 0 Å². The van der Waals surface area contributed by atoms with Gasteiger partial charge in [-0.25, -0.2) is 4.79 Å². The first-order valence-corrected chi connectivity index (χ1v) is 19.6. The molecule has 15 nitrogen and oxygen atoms in total. The van der Waals surface area contributed by atoms with Gasteiger partial charge in [0, 0.05) is 66.4 Å². The van der Waals surface area contributed by atoms with Gasteiger partial charge < -0.3 is 62.1 Å². The van der Waals surface area contributed by atoms with Crippen molar-refractivity contribution >= 4 is 45.6 Å². The van der Waals surface area contributed by atoms with E-state index in [1.165, 1.54) is 14.0 Å². The van der Waals surface area contributed by atoms with E-state index >= 15 is 0 Å². The first-order chi connectivity index (χ1) is 27.4. The Morgan fingerprint density at radius 2 is 1.11 bits per heavy atom. The average Bonchev–Trinajstić information content (AvgIpc) is 3.19. The van der Waals surface area contributed by atoms with Crippen molar-refractivity contribution in [2.45, 2.75) is 17.1 Å². The molecule has 3 aromatic carbocycles. The summed E-state index contributed by atoms with van der Waals surface area (Å²) in [6.45, 7) is 9.78. The largest absolute Gasteiger partial charge is 0.631 e. The molecule has 0 aliphatic carbocycles. The molecule has 3 aromatic rings. The summed E-state index contributed by atoms with van der Waals surface area (Å²) in [5.41, 5.74) is 9.67. The van der Waals surface area contributed by atoms with E-state index in [1.54, 1.807) is 21.3 Å². The standard InChI is InChI=1S/C41H58IN3O12/c1-32(2)40(46)57-31-41(42,43)45(3,47)30-33-29-38(56-28-25-53-22-19-50-6)15-16-39(33)44(34-7-11-36(12-8-34)54-26-23-51-20-17-48-4)35-9-13-37(14-10-35)55-27-24-52-21-18-49-5/h7-16,29H,1,17-28,30-31,43H2,2-6H3. The third-order valence-corrected chi connectivity index (χ3v) is 9.61. The third-order valence-electron chi connectivity index (χ3n) is 8.28. The van der Waals surface area contributed by atoms with Crippen LogP contribution in [0.5, 0.6) is 17.2 Å². The highest BCUT2D eigenvalue weighted by Gasteiger charge is 2.39. The maximum Gasteiger partial charge on any atom is 0.333 e. The Kier molecular flexibility index (Phi) is 21.6. The summed E-state index contributed by atoms with van der Waals surface area (Å²) in [4.78, 5) is 14.3. The van der Waals surface area contributed by atoms with Crippen LogP contribution in [0.15, 0.2) is 78.9 Å². The van der Waals surface area contributed by atoms with Crippen LogP contribution in [0, 0.1) is 5.21 Å². The molecule has 0 amide bonds. The second kappa shape index (κ2) is 25.7. The van der Waals surface area contributed by atoms with E-state index in [0.29, 0.717) is 101 Å². The minimum absolute atomic E-state index is 0.119. The van der Waals surface area contributed by atoms with Gasteiger partial charge in [-0.3, -0.25) is 5.73 Å². The Balaban J connectivity index is 2.01. The molecular weight excluding hydrogens is 853 g/mol. The van der Waals surface area contributed by atoms with Gasteiger partial charge in [0.25, 0.3) is 0 Å². The van der Waals surface area contributed by atoms with Crippen molar-refractivity contribution < 1.29 is 56.8 Å². The summed E-state index contributed by atoms with van der Waals surface area (Å²) in [5, 5.41) is 14.5. The van der Waals surface area contributed by atoms with Crippen molar-refractivity contribution in [1.29, 1.82) is 0 Å². The molecule has 0 spiro atoms. The van der Waals surface area contributed by atoms with Crippen LogP contribution in [0.3, 0.4) is 0 Å². The number of anilines is 3. The van der Waals surface area contributed by atoms with Crippen LogP contribution in [-0.2, 0) is 44.5 Å².